The lowest BCUT2D eigenvalue weighted by molar-refractivity contribution is -0.123. The van der Waals surface area contributed by atoms with Gasteiger partial charge in [-0.15, -0.1) is 0 Å². The Balaban J connectivity index is 2.69. The maximum absolute atomic E-state index is 12.0. The number of rotatable bonds is 5. The summed E-state index contributed by atoms with van der Waals surface area (Å²) in [4.78, 5) is 16.0. The molecule has 0 aromatic carbocycles. The molecule has 82 valence electrons. The Bertz CT molecular complexity index is 308. The highest BCUT2D eigenvalue weighted by molar-refractivity contribution is 5.87. The number of hydrogen-bond donors (Lipinski definition) is 0. The van der Waals surface area contributed by atoms with Crippen LogP contribution in [-0.2, 0) is 4.79 Å². The fourth-order valence-corrected chi connectivity index (χ4v) is 1.82. The van der Waals surface area contributed by atoms with Crippen LogP contribution in [0, 0.1) is 5.92 Å². The van der Waals surface area contributed by atoms with E-state index in [1.807, 2.05) is 26.0 Å². The van der Waals surface area contributed by atoms with Gasteiger partial charge in [-0.05, 0) is 24.1 Å². The zero-order valence-electron chi connectivity index (χ0n) is 9.73. The fourth-order valence-electron chi connectivity index (χ4n) is 1.82. The predicted octanol–water partition coefficient (Wildman–Crippen LogP) is 3.19. The van der Waals surface area contributed by atoms with Crippen LogP contribution in [0.5, 0.6) is 0 Å². The average Bonchev–Trinajstić information content (AvgIpc) is 2.28. The molecule has 2 nitrogen and oxygen atoms in total. The molecule has 0 N–H and O–H groups in total. The molecular formula is C13H19NO. The van der Waals surface area contributed by atoms with Gasteiger partial charge in [-0.3, -0.25) is 9.78 Å². The molecule has 1 rings (SSSR count). The van der Waals surface area contributed by atoms with E-state index in [2.05, 4.69) is 11.9 Å². The van der Waals surface area contributed by atoms with Gasteiger partial charge in [-0.1, -0.05) is 27.2 Å². The standard InChI is InChI=1S/C13H19NO/c1-4-5-10(2)13(15)11(3)12-6-8-14-9-7-12/h6-11H,4-5H2,1-3H3/t10-,11-/m1/s1. The van der Waals surface area contributed by atoms with Crippen molar-refractivity contribution in [1.29, 1.82) is 0 Å². The van der Waals surface area contributed by atoms with Crippen molar-refractivity contribution < 1.29 is 4.79 Å². The normalized spacial score (nSPS) is 14.6. The Hall–Kier alpha value is -1.18. The zero-order valence-corrected chi connectivity index (χ0v) is 9.73. The maximum Gasteiger partial charge on any atom is 0.142 e. The lowest BCUT2D eigenvalue weighted by Gasteiger charge is -2.15. The number of carbonyl (C=O) groups is 1. The Labute approximate surface area is 91.7 Å². The molecule has 15 heavy (non-hydrogen) atoms. The summed E-state index contributed by atoms with van der Waals surface area (Å²) < 4.78 is 0. The minimum absolute atomic E-state index is 0.00505. The lowest BCUT2D eigenvalue weighted by Crippen LogP contribution is -2.17. The van der Waals surface area contributed by atoms with Gasteiger partial charge in [0.1, 0.15) is 5.78 Å². The molecule has 0 fully saturated rings. The van der Waals surface area contributed by atoms with Crippen molar-refractivity contribution in [3.05, 3.63) is 30.1 Å². The Morgan fingerprint density at radius 3 is 2.47 bits per heavy atom. The first-order valence-electron chi connectivity index (χ1n) is 5.60. The van der Waals surface area contributed by atoms with Crippen molar-refractivity contribution in [2.45, 2.75) is 39.5 Å². The first kappa shape index (κ1) is 11.9. The van der Waals surface area contributed by atoms with Crippen LogP contribution in [0.3, 0.4) is 0 Å². The van der Waals surface area contributed by atoms with Gasteiger partial charge in [0.05, 0.1) is 0 Å². The van der Waals surface area contributed by atoms with Crippen LogP contribution in [-0.4, -0.2) is 10.8 Å². The van der Waals surface area contributed by atoms with Crippen LogP contribution in [0.4, 0.5) is 0 Å². The highest BCUT2D eigenvalue weighted by Crippen LogP contribution is 2.21. The van der Waals surface area contributed by atoms with E-state index in [-0.39, 0.29) is 11.8 Å². The summed E-state index contributed by atoms with van der Waals surface area (Å²) in [5, 5.41) is 0. The van der Waals surface area contributed by atoms with E-state index in [0.29, 0.717) is 5.78 Å². The van der Waals surface area contributed by atoms with Crippen molar-refractivity contribution in [3.63, 3.8) is 0 Å². The highest BCUT2D eigenvalue weighted by atomic mass is 16.1. The highest BCUT2D eigenvalue weighted by Gasteiger charge is 2.20. The second-order valence-electron chi connectivity index (χ2n) is 4.09. The second-order valence-corrected chi connectivity index (χ2v) is 4.09. The summed E-state index contributed by atoms with van der Waals surface area (Å²) in [6.07, 6.45) is 5.53. The van der Waals surface area contributed by atoms with Crippen molar-refractivity contribution in [2.75, 3.05) is 0 Å². The summed E-state index contributed by atoms with van der Waals surface area (Å²) in [6, 6.07) is 3.84. The van der Waals surface area contributed by atoms with Crippen LogP contribution in [0.1, 0.15) is 45.1 Å². The minimum atomic E-state index is -0.00505. The van der Waals surface area contributed by atoms with Crippen LogP contribution in [0.25, 0.3) is 0 Å². The van der Waals surface area contributed by atoms with E-state index in [1.54, 1.807) is 12.4 Å². The predicted molar refractivity (Wildman–Crippen MR) is 61.7 cm³/mol. The largest absolute Gasteiger partial charge is 0.299 e. The molecule has 0 aliphatic carbocycles. The minimum Gasteiger partial charge on any atom is -0.299 e. The van der Waals surface area contributed by atoms with E-state index in [4.69, 9.17) is 0 Å². The summed E-state index contributed by atoms with van der Waals surface area (Å²) in [7, 11) is 0. The smallest absolute Gasteiger partial charge is 0.142 e. The molecule has 2 atom stereocenters. The molecule has 0 aliphatic rings. The van der Waals surface area contributed by atoms with E-state index in [1.165, 1.54) is 0 Å². The quantitative estimate of drug-likeness (QED) is 0.739. The maximum atomic E-state index is 12.0. The van der Waals surface area contributed by atoms with Gasteiger partial charge in [0.25, 0.3) is 0 Å². The summed E-state index contributed by atoms with van der Waals surface area (Å²) in [5.41, 5.74) is 1.07. The summed E-state index contributed by atoms with van der Waals surface area (Å²) in [5.74, 6) is 0.496. The molecule has 0 spiro atoms. The van der Waals surface area contributed by atoms with E-state index >= 15 is 0 Å². The van der Waals surface area contributed by atoms with Crippen LogP contribution < -0.4 is 0 Å². The Morgan fingerprint density at radius 2 is 1.93 bits per heavy atom. The SMILES string of the molecule is CCC[C@@H](C)C(=O)[C@H](C)c1ccncc1. The van der Waals surface area contributed by atoms with Crippen molar-refractivity contribution in [1.82, 2.24) is 4.98 Å². The second kappa shape index (κ2) is 5.64. The number of nitrogens with zero attached hydrogens (tertiary/aromatic N) is 1. The number of ketones is 1. The van der Waals surface area contributed by atoms with Crippen molar-refractivity contribution >= 4 is 5.78 Å². The molecule has 0 radical (unpaired) electrons. The molecule has 0 bridgehead atoms. The van der Waals surface area contributed by atoms with E-state index < -0.39 is 0 Å². The molecule has 0 saturated heterocycles. The third kappa shape index (κ3) is 3.15. The third-order valence-corrected chi connectivity index (χ3v) is 2.84. The first-order valence-corrected chi connectivity index (χ1v) is 5.60. The fraction of sp³-hybridized carbons (Fsp3) is 0.538. The number of carbonyl (C=O) groups excluding carboxylic acids is 1. The third-order valence-electron chi connectivity index (χ3n) is 2.84. The monoisotopic (exact) mass is 205 g/mol. The molecule has 0 aliphatic heterocycles. The molecule has 2 heteroatoms. The van der Waals surface area contributed by atoms with Gasteiger partial charge < -0.3 is 0 Å². The van der Waals surface area contributed by atoms with Gasteiger partial charge in [0.2, 0.25) is 0 Å². The zero-order chi connectivity index (χ0) is 11.3. The van der Waals surface area contributed by atoms with Crippen LogP contribution in [0.2, 0.25) is 0 Å². The number of aromatic nitrogens is 1. The Morgan fingerprint density at radius 1 is 1.33 bits per heavy atom. The van der Waals surface area contributed by atoms with Crippen LogP contribution >= 0.6 is 0 Å². The summed E-state index contributed by atoms with van der Waals surface area (Å²) >= 11 is 0. The van der Waals surface area contributed by atoms with Gasteiger partial charge in [-0.2, -0.15) is 0 Å². The number of hydrogen-bond acceptors (Lipinski definition) is 2. The van der Waals surface area contributed by atoms with Gasteiger partial charge in [0, 0.05) is 24.2 Å². The van der Waals surface area contributed by atoms with Gasteiger partial charge in [0.15, 0.2) is 0 Å². The molecular weight excluding hydrogens is 186 g/mol. The van der Waals surface area contributed by atoms with Gasteiger partial charge in [-0.25, -0.2) is 0 Å². The van der Waals surface area contributed by atoms with Crippen molar-refractivity contribution in [2.24, 2.45) is 5.92 Å². The van der Waals surface area contributed by atoms with E-state index in [0.717, 1.165) is 18.4 Å². The summed E-state index contributed by atoms with van der Waals surface area (Å²) in [6.45, 7) is 6.11. The molecule has 0 saturated carbocycles. The molecule has 1 aromatic heterocycles. The lowest BCUT2D eigenvalue weighted by atomic mass is 9.88. The van der Waals surface area contributed by atoms with Gasteiger partial charge >= 0.3 is 0 Å². The Kier molecular flexibility index (Phi) is 4.47. The molecule has 0 unspecified atom stereocenters. The molecule has 1 aromatic rings. The topological polar surface area (TPSA) is 30.0 Å². The van der Waals surface area contributed by atoms with E-state index in [9.17, 15) is 4.79 Å². The number of pyridine rings is 1. The van der Waals surface area contributed by atoms with Crippen LogP contribution in [0.15, 0.2) is 24.5 Å². The molecule has 1 heterocycles. The average molecular weight is 205 g/mol. The molecule has 0 amide bonds. The first-order chi connectivity index (χ1) is 7.16. The number of Topliss-reactive ketones (excluding diaryl/α,β-unsaturated/α-hetero) is 1. The van der Waals surface area contributed by atoms with Crippen molar-refractivity contribution in [3.8, 4) is 0 Å².